The van der Waals surface area contributed by atoms with Crippen LogP contribution in [0.5, 0.6) is 0 Å². The first-order valence-electron chi connectivity index (χ1n) is 5.22. The van der Waals surface area contributed by atoms with Gasteiger partial charge in [0.2, 0.25) is 5.95 Å². The number of hydrogen-bond donors (Lipinski definition) is 1. The molecule has 17 heavy (non-hydrogen) atoms. The van der Waals surface area contributed by atoms with Gasteiger partial charge in [-0.1, -0.05) is 0 Å². The van der Waals surface area contributed by atoms with Crippen molar-refractivity contribution in [3.05, 3.63) is 35.9 Å². The van der Waals surface area contributed by atoms with Crippen LogP contribution < -0.4 is 5.32 Å². The van der Waals surface area contributed by atoms with Gasteiger partial charge in [-0.25, -0.2) is 9.97 Å². The molecule has 0 fully saturated rings. The van der Waals surface area contributed by atoms with Crippen LogP contribution in [0.15, 0.2) is 24.7 Å². The Bertz CT molecular complexity index is 539. The van der Waals surface area contributed by atoms with E-state index in [4.69, 9.17) is 5.26 Å². The van der Waals surface area contributed by atoms with Crippen LogP contribution in [-0.4, -0.2) is 26.3 Å². The summed E-state index contributed by atoms with van der Waals surface area (Å²) < 4.78 is 1.77. The Labute approximate surface area is 98.9 Å². The molecular formula is C11H12N6. The lowest BCUT2D eigenvalue weighted by Gasteiger charge is -2.02. The molecule has 0 aliphatic rings. The summed E-state index contributed by atoms with van der Waals surface area (Å²) in [6, 6.07) is 3.55. The standard InChI is InChI=1S/C11H12N6/c1-17-8-9(7-15-17)2-4-13-11-14-5-3-10(6-12)16-11/h3,5,7-8H,2,4H2,1H3,(H,13,14,16). The first-order chi connectivity index (χ1) is 8.28. The smallest absolute Gasteiger partial charge is 0.223 e. The average Bonchev–Trinajstić information content (AvgIpc) is 2.75. The number of nitrogens with one attached hydrogen (secondary N) is 1. The molecule has 1 N–H and O–H groups in total. The Balaban J connectivity index is 1.88. The molecule has 6 nitrogen and oxygen atoms in total. The lowest BCUT2D eigenvalue weighted by Crippen LogP contribution is -2.08. The molecule has 0 unspecified atom stereocenters. The molecule has 0 aliphatic carbocycles. The summed E-state index contributed by atoms with van der Waals surface area (Å²) in [6.07, 6.45) is 6.20. The second kappa shape index (κ2) is 5.07. The van der Waals surface area contributed by atoms with E-state index in [9.17, 15) is 0 Å². The summed E-state index contributed by atoms with van der Waals surface area (Å²) >= 11 is 0. The summed E-state index contributed by atoms with van der Waals surface area (Å²) in [6.45, 7) is 0.709. The second-order valence-corrected chi connectivity index (χ2v) is 3.58. The summed E-state index contributed by atoms with van der Waals surface area (Å²) in [5.74, 6) is 0.480. The van der Waals surface area contributed by atoms with Crippen LogP contribution in [0.3, 0.4) is 0 Å². The fraction of sp³-hybridized carbons (Fsp3) is 0.273. The normalized spacial score (nSPS) is 9.88. The highest BCUT2D eigenvalue weighted by Crippen LogP contribution is 2.01. The molecule has 0 bridgehead atoms. The van der Waals surface area contributed by atoms with Gasteiger partial charge in [0.05, 0.1) is 6.20 Å². The fourth-order valence-electron chi connectivity index (χ4n) is 1.43. The van der Waals surface area contributed by atoms with Crippen molar-refractivity contribution < 1.29 is 0 Å². The van der Waals surface area contributed by atoms with Crippen molar-refractivity contribution in [2.24, 2.45) is 7.05 Å². The lowest BCUT2D eigenvalue weighted by molar-refractivity contribution is 0.766. The Morgan fingerprint density at radius 3 is 3.12 bits per heavy atom. The highest BCUT2D eigenvalue weighted by molar-refractivity contribution is 5.30. The van der Waals surface area contributed by atoms with Gasteiger partial charge in [0, 0.05) is 26.0 Å². The highest BCUT2D eigenvalue weighted by atomic mass is 15.2. The van der Waals surface area contributed by atoms with Crippen molar-refractivity contribution >= 4 is 5.95 Å². The number of nitriles is 1. The van der Waals surface area contributed by atoms with Gasteiger partial charge in [0.15, 0.2) is 0 Å². The third kappa shape index (κ3) is 3.01. The van der Waals surface area contributed by atoms with Crippen molar-refractivity contribution in [3.63, 3.8) is 0 Å². The third-order valence-corrected chi connectivity index (χ3v) is 2.23. The van der Waals surface area contributed by atoms with Gasteiger partial charge in [-0.15, -0.1) is 0 Å². The Morgan fingerprint density at radius 2 is 2.41 bits per heavy atom. The molecule has 0 aliphatic heterocycles. The minimum atomic E-state index is 0.365. The molecule has 2 rings (SSSR count). The first kappa shape index (κ1) is 11.1. The molecule has 2 aromatic rings. The third-order valence-electron chi connectivity index (χ3n) is 2.23. The Kier molecular flexibility index (Phi) is 3.31. The van der Waals surface area contributed by atoms with Crippen molar-refractivity contribution in [1.82, 2.24) is 19.7 Å². The Hall–Kier alpha value is -2.42. The molecule has 0 saturated heterocycles. The number of aryl methyl sites for hydroxylation is 1. The van der Waals surface area contributed by atoms with Crippen LogP contribution in [0.25, 0.3) is 0 Å². The van der Waals surface area contributed by atoms with Gasteiger partial charge in [-0.3, -0.25) is 4.68 Å². The molecule has 86 valence electrons. The largest absolute Gasteiger partial charge is 0.354 e. The summed E-state index contributed by atoms with van der Waals surface area (Å²) in [5.41, 5.74) is 1.51. The predicted molar refractivity (Wildman–Crippen MR) is 62.1 cm³/mol. The molecule has 2 aromatic heterocycles. The molecule has 0 spiro atoms. The summed E-state index contributed by atoms with van der Waals surface area (Å²) in [5, 5.41) is 15.8. The maximum absolute atomic E-state index is 8.69. The van der Waals surface area contributed by atoms with Crippen molar-refractivity contribution in [2.75, 3.05) is 11.9 Å². The van der Waals surface area contributed by atoms with Crippen LogP contribution >= 0.6 is 0 Å². The van der Waals surface area contributed by atoms with Gasteiger partial charge in [-0.05, 0) is 18.1 Å². The highest BCUT2D eigenvalue weighted by Gasteiger charge is 1.99. The zero-order valence-corrected chi connectivity index (χ0v) is 9.46. The number of aromatic nitrogens is 4. The lowest BCUT2D eigenvalue weighted by atomic mass is 10.2. The number of rotatable bonds is 4. The van der Waals surface area contributed by atoms with Gasteiger partial charge in [0.1, 0.15) is 11.8 Å². The maximum atomic E-state index is 8.69. The van der Waals surface area contributed by atoms with E-state index in [1.807, 2.05) is 25.5 Å². The van der Waals surface area contributed by atoms with E-state index in [1.165, 1.54) is 0 Å². The van der Waals surface area contributed by atoms with E-state index < -0.39 is 0 Å². The topological polar surface area (TPSA) is 79.4 Å². The van der Waals surface area contributed by atoms with Gasteiger partial charge in [-0.2, -0.15) is 10.4 Å². The van der Waals surface area contributed by atoms with Crippen LogP contribution in [0, 0.1) is 11.3 Å². The summed E-state index contributed by atoms with van der Waals surface area (Å²) in [7, 11) is 1.89. The van der Waals surface area contributed by atoms with Crippen LogP contribution in [0.4, 0.5) is 5.95 Å². The maximum Gasteiger partial charge on any atom is 0.223 e. The zero-order valence-electron chi connectivity index (χ0n) is 9.46. The SMILES string of the molecule is Cn1cc(CCNc2nccc(C#N)n2)cn1. The van der Waals surface area contributed by atoms with Gasteiger partial charge in [0.25, 0.3) is 0 Å². The second-order valence-electron chi connectivity index (χ2n) is 3.58. The summed E-state index contributed by atoms with van der Waals surface area (Å²) in [4.78, 5) is 8.05. The fourth-order valence-corrected chi connectivity index (χ4v) is 1.43. The number of anilines is 1. The average molecular weight is 228 g/mol. The van der Waals surface area contributed by atoms with E-state index in [0.29, 0.717) is 18.2 Å². The predicted octanol–water partition coefficient (Wildman–Crippen LogP) is 0.736. The monoisotopic (exact) mass is 228 g/mol. The number of nitrogens with zero attached hydrogens (tertiary/aromatic N) is 5. The molecule has 0 amide bonds. The quantitative estimate of drug-likeness (QED) is 0.834. The number of hydrogen-bond acceptors (Lipinski definition) is 5. The van der Waals surface area contributed by atoms with Crippen molar-refractivity contribution in [3.8, 4) is 6.07 Å². The van der Waals surface area contributed by atoms with Crippen LogP contribution in [0.1, 0.15) is 11.3 Å². The van der Waals surface area contributed by atoms with Crippen molar-refractivity contribution in [2.45, 2.75) is 6.42 Å². The molecule has 6 heteroatoms. The van der Waals surface area contributed by atoms with E-state index in [1.54, 1.807) is 16.9 Å². The van der Waals surface area contributed by atoms with Crippen LogP contribution in [-0.2, 0) is 13.5 Å². The molecule has 0 saturated carbocycles. The Morgan fingerprint density at radius 1 is 1.53 bits per heavy atom. The van der Waals surface area contributed by atoms with E-state index in [2.05, 4.69) is 20.4 Å². The molecule has 0 aromatic carbocycles. The van der Waals surface area contributed by atoms with Gasteiger partial charge >= 0.3 is 0 Å². The molecular weight excluding hydrogens is 216 g/mol. The minimum Gasteiger partial charge on any atom is -0.354 e. The van der Waals surface area contributed by atoms with E-state index >= 15 is 0 Å². The first-order valence-corrected chi connectivity index (χ1v) is 5.22. The minimum absolute atomic E-state index is 0.365. The van der Waals surface area contributed by atoms with E-state index in [0.717, 1.165) is 12.0 Å². The zero-order chi connectivity index (χ0) is 12.1. The van der Waals surface area contributed by atoms with Gasteiger partial charge < -0.3 is 5.32 Å². The molecule has 2 heterocycles. The molecule has 0 atom stereocenters. The van der Waals surface area contributed by atoms with Crippen LogP contribution in [0.2, 0.25) is 0 Å². The molecule has 0 radical (unpaired) electrons. The van der Waals surface area contributed by atoms with E-state index in [-0.39, 0.29) is 0 Å². The van der Waals surface area contributed by atoms with Crippen molar-refractivity contribution in [1.29, 1.82) is 5.26 Å².